The van der Waals surface area contributed by atoms with Gasteiger partial charge in [0.1, 0.15) is 11.4 Å². The Morgan fingerprint density at radius 1 is 1.05 bits per heavy atom. The lowest BCUT2D eigenvalue weighted by atomic mass is 9.80. The number of methoxy groups -OCH3 is 1. The molecule has 0 radical (unpaired) electrons. The highest BCUT2D eigenvalue weighted by Crippen LogP contribution is 2.55. The maximum Gasteiger partial charge on any atom is 0.308 e. The molecule has 0 aromatic heterocycles. The highest BCUT2D eigenvalue weighted by atomic mass is 35.5. The third-order valence-corrected chi connectivity index (χ3v) is 9.43. The van der Waals surface area contributed by atoms with Gasteiger partial charge in [0.05, 0.1) is 29.7 Å². The first-order chi connectivity index (χ1) is 20.1. The number of hydrogen-bond donors (Lipinski definition) is 1. The Morgan fingerprint density at radius 3 is 2.19 bits per heavy atom. The van der Waals surface area contributed by atoms with E-state index in [1.54, 1.807) is 54.6 Å². The number of amides is 1. The van der Waals surface area contributed by atoms with E-state index >= 15 is 4.39 Å². The van der Waals surface area contributed by atoms with Gasteiger partial charge >= 0.3 is 5.97 Å². The molecule has 6 rings (SSSR count). The zero-order chi connectivity index (χ0) is 29.8. The van der Waals surface area contributed by atoms with Crippen LogP contribution in [0.4, 0.5) is 4.39 Å². The molecule has 3 aromatic rings. The molecular weight excluding hydrogens is 584 g/mol. The molecule has 1 N–H and O–H groups in total. The molecule has 3 heterocycles. The highest BCUT2D eigenvalue weighted by Gasteiger charge is 2.60. The van der Waals surface area contributed by atoms with Gasteiger partial charge in [0.15, 0.2) is 5.72 Å². The number of halogens is 3. The molecule has 0 spiro atoms. The van der Waals surface area contributed by atoms with Crippen molar-refractivity contribution in [1.29, 1.82) is 0 Å². The molecule has 3 aliphatic heterocycles. The van der Waals surface area contributed by atoms with Crippen LogP contribution in [0.2, 0.25) is 10.0 Å². The molecular formula is C32H30Cl2FNO6. The minimum Gasteiger partial charge on any atom is -0.481 e. The van der Waals surface area contributed by atoms with Crippen molar-refractivity contribution >= 4 is 35.1 Å². The van der Waals surface area contributed by atoms with Crippen molar-refractivity contribution in [3.05, 3.63) is 104 Å². The number of carbonyl (C=O) groups is 2. The summed E-state index contributed by atoms with van der Waals surface area (Å²) in [5.41, 5.74) is -0.879. The molecule has 3 aromatic carbocycles. The molecule has 220 valence electrons. The van der Waals surface area contributed by atoms with Crippen LogP contribution in [-0.4, -0.2) is 48.8 Å². The monoisotopic (exact) mass is 613 g/mol. The molecule has 0 bridgehead atoms. The largest absolute Gasteiger partial charge is 0.481 e. The van der Waals surface area contributed by atoms with Crippen LogP contribution in [0.3, 0.4) is 0 Å². The van der Waals surface area contributed by atoms with E-state index in [0.29, 0.717) is 46.6 Å². The number of benzene rings is 3. The van der Waals surface area contributed by atoms with Crippen LogP contribution in [0.5, 0.6) is 0 Å². The predicted octanol–water partition coefficient (Wildman–Crippen LogP) is 6.55. The van der Waals surface area contributed by atoms with Gasteiger partial charge in [-0.25, -0.2) is 4.39 Å². The van der Waals surface area contributed by atoms with Gasteiger partial charge in [0.25, 0.3) is 5.91 Å². The van der Waals surface area contributed by atoms with Gasteiger partial charge in [-0.1, -0.05) is 47.5 Å². The van der Waals surface area contributed by atoms with Crippen molar-refractivity contribution in [2.24, 2.45) is 11.8 Å². The predicted molar refractivity (Wildman–Crippen MR) is 154 cm³/mol. The third kappa shape index (κ3) is 4.52. The van der Waals surface area contributed by atoms with Crippen LogP contribution in [0.15, 0.2) is 60.7 Å². The van der Waals surface area contributed by atoms with Crippen molar-refractivity contribution in [2.75, 3.05) is 26.9 Å². The maximum atomic E-state index is 16.6. The molecule has 10 heteroatoms. The molecule has 42 heavy (non-hydrogen) atoms. The van der Waals surface area contributed by atoms with Crippen LogP contribution in [-0.2, 0) is 30.3 Å². The Bertz CT molecular complexity index is 1520. The van der Waals surface area contributed by atoms with Gasteiger partial charge in [-0.2, -0.15) is 0 Å². The third-order valence-electron chi connectivity index (χ3n) is 8.93. The zero-order valence-electron chi connectivity index (χ0n) is 23.1. The topological polar surface area (TPSA) is 88.6 Å². The van der Waals surface area contributed by atoms with Crippen LogP contribution in [0.1, 0.15) is 58.4 Å². The smallest absolute Gasteiger partial charge is 0.308 e. The summed E-state index contributed by atoms with van der Waals surface area (Å²) in [6.45, 7) is 3.12. The van der Waals surface area contributed by atoms with Gasteiger partial charge in [-0.3, -0.25) is 14.5 Å². The summed E-state index contributed by atoms with van der Waals surface area (Å²) in [5, 5.41) is 11.1. The van der Waals surface area contributed by atoms with E-state index in [9.17, 15) is 14.7 Å². The Balaban J connectivity index is 1.59. The Labute approximate surface area is 253 Å². The highest BCUT2D eigenvalue weighted by molar-refractivity contribution is 6.30. The number of ether oxygens (including phenoxy) is 3. The van der Waals surface area contributed by atoms with Crippen molar-refractivity contribution in [3.63, 3.8) is 0 Å². The fraction of sp³-hybridized carbons (Fsp3) is 0.375. The first-order valence-corrected chi connectivity index (χ1v) is 14.6. The number of epoxide rings is 1. The Kier molecular flexibility index (Phi) is 7.56. The van der Waals surface area contributed by atoms with E-state index in [1.165, 1.54) is 25.0 Å². The Hall–Kier alpha value is -3.01. The molecule has 1 amide bonds. The first kappa shape index (κ1) is 29.1. The summed E-state index contributed by atoms with van der Waals surface area (Å²) in [6.07, 6.45) is 1.53. The lowest BCUT2D eigenvalue weighted by Gasteiger charge is -2.44. The van der Waals surface area contributed by atoms with E-state index in [0.717, 1.165) is 12.8 Å². The minimum absolute atomic E-state index is 0.0143. The number of nitrogens with zero attached hydrogens (tertiary/aromatic N) is 1. The van der Waals surface area contributed by atoms with Gasteiger partial charge in [0.2, 0.25) is 0 Å². The molecule has 7 nitrogen and oxygen atoms in total. The van der Waals surface area contributed by atoms with Gasteiger partial charge in [-0.15, -0.1) is 0 Å². The van der Waals surface area contributed by atoms with E-state index < -0.39 is 41.0 Å². The maximum absolute atomic E-state index is 16.6. The van der Waals surface area contributed by atoms with Crippen molar-refractivity contribution in [2.45, 2.75) is 37.1 Å². The molecule has 0 saturated carbocycles. The zero-order valence-corrected chi connectivity index (χ0v) is 24.6. The van der Waals surface area contributed by atoms with Gasteiger partial charge in [0, 0.05) is 35.9 Å². The number of carboxylic acid groups (broad SMARTS) is 1. The van der Waals surface area contributed by atoms with E-state index in [-0.39, 0.29) is 17.0 Å². The van der Waals surface area contributed by atoms with Crippen LogP contribution < -0.4 is 0 Å². The summed E-state index contributed by atoms with van der Waals surface area (Å²) < 4.78 is 34.4. The average molecular weight is 614 g/mol. The average Bonchev–Trinajstić information content (AvgIpc) is 3.76. The number of aliphatic carboxylic acids is 1. The Morgan fingerprint density at radius 2 is 1.64 bits per heavy atom. The number of hydrogen-bond acceptors (Lipinski definition) is 5. The van der Waals surface area contributed by atoms with Gasteiger partial charge in [-0.05, 0) is 73.2 Å². The summed E-state index contributed by atoms with van der Waals surface area (Å²) in [4.78, 5) is 28.5. The summed E-state index contributed by atoms with van der Waals surface area (Å²) in [5.74, 6) is -3.32. The first-order valence-electron chi connectivity index (χ1n) is 13.8. The summed E-state index contributed by atoms with van der Waals surface area (Å²) in [7, 11) is 1.38. The van der Waals surface area contributed by atoms with E-state index in [4.69, 9.17) is 37.4 Å². The molecule has 0 aliphatic carbocycles. The quantitative estimate of drug-likeness (QED) is 0.290. The van der Waals surface area contributed by atoms with Crippen molar-refractivity contribution in [3.8, 4) is 0 Å². The second-order valence-electron chi connectivity index (χ2n) is 11.1. The molecule has 3 aliphatic rings. The van der Waals surface area contributed by atoms with Crippen LogP contribution in [0.25, 0.3) is 0 Å². The van der Waals surface area contributed by atoms with Crippen LogP contribution >= 0.6 is 23.2 Å². The molecule has 2 fully saturated rings. The van der Waals surface area contributed by atoms with E-state index in [2.05, 4.69) is 0 Å². The molecule has 2 unspecified atom stereocenters. The fourth-order valence-corrected chi connectivity index (χ4v) is 6.95. The lowest BCUT2D eigenvalue weighted by Crippen LogP contribution is -2.51. The number of fused-ring (bicyclic) bond motifs is 1. The summed E-state index contributed by atoms with van der Waals surface area (Å²) >= 11 is 12.4. The number of rotatable bonds is 8. The SMILES string of the molecule is COC1(c2ccc(Cl)cc2)c2c(F)cc(C3(C4CCOCC4)CO3)cc2C(=O)N1[C@H](c1ccc(Cl)cc1)[C@H](C)C(=O)O. The number of carbonyl (C=O) groups excluding carboxylic acids is 1. The second kappa shape index (κ2) is 10.9. The standard InChI is InChI=1S/C32H30Cl2FNO6/c1-18(30(38)39)28(19-3-7-23(33)8-4-19)36-29(37)25-15-22(31(17-42-31)20-11-13-41-14-12-20)16-26(35)27(25)32(36,40-2)21-5-9-24(34)10-6-21/h3-10,15-16,18,20,28H,11-14,17H2,1-2H3,(H,38,39)/t18-,28-,31?,32?/m0/s1. The number of carboxylic acids is 1. The van der Waals surface area contributed by atoms with Gasteiger partial charge < -0.3 is 19.3 Å². The van der Waals surface area contributed by atoms with Crippen molar-refractivity contribution in [1.82, 2.24) is 4.90 Å². The summed E-state index contributed by atoms with van der Waals surface area (Å²) in [6, 6.07) is 15.2. The van der Waals surface area contributed by atoms with E-state index in [1.807, 2.05) is 0 Å². The minimum atomic E-state index is -1.80. The van der Waals surface area contributed by atoms with Crippen LogP contribution in [0, 0.1) is 17.7 Å². The second-order valence-corrected chi connectivity index (χ2v) is 12.0. The fourth-order valence-electron chi connectivity index (χ4n) is 6.69. The lowest BCUT2D eigenvalue weighted by molar-refractivity contribution is -0.149. The molecule has 4 atom stereocenters. The molecule has 2 saturated heterocycles. The normalized spacial score (nSPS) is 25.3. The van der Waals surface area contributed by atoms with Crippen molar-refractivity contribution < 1.29 is 33.3 Å².